The van der Waals surface area contributed by atoms with Crippen LogP contribution in [0.3, 0.4) is 0 Å². The standard InChI is InChI=1S/C13H10Br2O2S/c14-8-5-7-3-4-17-13(7)9(6-8)12(16)10-1-2-11(15)18-10/h1-2,5-6,12,16H,3-4H2. The predicted octanol–water partition coefficient (Wildman–Crippen LogP) is 4.29. The van der Waals surface area contributed by atoms with Crippen LogP contribution in [0.2, 0.25) is 0 Å². The summed E-state index contributed by atoms with van der Waals surface area (Å²) in [6, 6.07) is 7.87. The molecule has 0 saturated heterocycles. The monoisotopic (exact) mass is 388 g/mol. The zero-order valence-corrected chi connectivity index (χ0v) is 13.3. The van der Waals surface area contributed by atoms with Crippen LogP contribution in [-0.2, 0) is 6.42 Å². The zero-order chi connectivity index (χ0) is 12.7. The van der Waals surface area contributed by atoms with Crippen molar-refractivity contribution in [2.45, 2.75) is 12.5 Å². The second-order valence-corrected chi connectivity index (χ2v) is 7.54. The number of hydrogen-bond acceptors (Lipinski definition) is 3. The second kappa shape index (κ2) is 4.96. The van der Waals surface area contributed by atoms with Crippen molar-refractivity contribution < 1.29 is 9.84 Å². The molecule has 0 bridgehead atoms. The molecule has 1 aromatic carbocycles. The van der Waals surface area contributed by atoms with E-state index in [1.807, 2.05) is 18.2 Å². The molecule has 0 fully saturated rings. The first-order chi connectivity index (χ1) is 8.65. The molecule has 18 heavy (non-hydrogen) atoms. The van der Waals surface area contributed by atoms with E-state index in [4.69, 9.17) is 4.74 Å². The van der Waals surface area contributed by atoms with Crippen molar-refractivity contribution in [1.82, 2.24) is 0 Å². The first-order valence-corrected chi connectivity index (χ1v) is 7.94. The Bertz CT molecular complexity index is 595. The molecule has 0 aliphatic carbocycles. The maximum absolute atomic E-state index is 10.5. The van der Waals surface area contributed by atoms with Crippen LogP contribution < -0.4 is 4.74 Å². The van der Waals surface area contributed by atoms with E-state index >= 15 is 0 Å². The molecule has 0 saturated carbocycles. The maximum atomic E-state index is 10.5. The van der Waals surface area contributed by atoms with E-state index < -0.39 is 6.10 Å². The third-order valence-electron chi connectivity index (χ3n) is 2.94. The summed E-state index contributed by atoms with van der Waals surface area (Å²) in [5, 5.41) is 10.5. The number of rotatable bonds is 2. The summed E-state index contributed by atoms with van der Waals surface area (Å²) in [7, 11) is 0. The van der Waals surface area contributed by atoms with Crippen LogP contribution in [0, 0.1) is 0 Å². The Morgan fingerprint density at radius 2 is 2.11 bits per heavy atom. The molecule has 94 valence electrons. The quantitative estimate of drug-likeness (QED) is 0.830. The van der Waals surface area contributed by atoms with Crippen LogP contribution in [0.1, 0.15) is 22.1 Å². The summed E-state index contributed by atoms with van der Waals surface area (Å²) in [5.41, 5.74) is 2.00. The largest absolute Gasteiger partial charge is 0.493 e. The lowest BCUT2D eigenvalue weighted by Gasteiger charge is -2.14. The van der Waals surface area contributed by atoms with Crippen molar-refractivity contribution in [3.63, 3.8) is 0 Å². The van der Waals surface area contributed by atoms with Gasteiger partial charge in [0.1, 0.15) is 11.9 Å². The predicted molar refractivity (Wildman–Crippen MR) is 79.4 cm³/mol. The fraction of sp³-hybridized carbons (Fsp3) is 0.231. The summed E-state index contributed by atoms with van der Waals surface area (Å²) >= 11 is 8.44. The maximum Gasteiger partial charge on any atom is 0.128 e. The molecule has 2 aromatic rings. The Balaban J connectivity index is 2.06. The van der Waals surface area contributed by atoms with Gasteiger partial charge < -0.3 is 9.84 Å². The Morgan fingerprint density at radius 3 is 2.83 bits per heavy atom. The van der Waals surface area contributed by atoms with Crippen LogP contribution in [0.4, 0.5) is 0 Å². The van der Waals surface area contributed by atoms with E-state index in [9.17, 15) is 5.11 Å². The lowest BCUT2D eigenvalue weighted by Crippen LogP contribution is -2.00. The molecule has 1 N–H and O–H groups in total. The van der Waals surface area contributed by atoms with Gasteiger partial charge in [0.15, 0.2) is 0 Å². The average molecular weight is 390 g/mol. The van der Waals surface area contributed by atoms with E-state index in [1.165, 1.54) is 11.3 Å². The molecule has 1 atom stereocenters. The van der Waals surface area contributed by atoms with Crippen LogP contribution in [0.5, 0.6) is 5.75 Å². The van der Waals surface area contributed by atoms with Gasteiger partial charge in [-0.05, 0) is 45.8 Å². The van der Waals surface area contributed by atoms with Crippen molar-refractivity contribution >= 4 is 43.2 Å². The third kappa shape index (κ3) is 2.25. The van der Waals surface area contributed by atoms with Crippen molar-refractivity contribution in [1.29, 1.82) is 0 Å². The first kappa shape index (κ1) is 12.7. The molecule has 2 nitrogen and oxygen atoms in total. The van der Waals surface area contributed by atoms with Gasteiger partial charge in [0.25, 0.3) is 0 Å². The van der Waals surface area contributed by atoms with Gasteiger partial charge in [0.2, 0.25) is 0 Å². The molecule has 1 aromatic heterocycles. The van der Waals surface area contributed by atoms with Gasteiger partial charge in [0.05, 0.1) is 10.4 Å². The average Bonchev–Trinajstić information content (AvgIpc) is 2.95. The fourth-order valence-corrected chi connectivity index (χ4v) is 4.08. The lowest BCUT2D eigenvalue weighted by molar-refractivity contribution is 0.217. The van der Waals surface area contributed by atoms with Crippen LogP contribution >= 0.6 is 43.2 Å². The molecule has 0 radical (unpaired) electrons. The Hall–Kier alpha value is -0.360. The highest BCUT2D eigenvalue weighted by molar-refractivity contribution is 9.11. The molecule has 5 heteroatoms. The van der Waals surface area contributed by atoms with E-state index in [0.29, 0.717) is 6.61 Å². The number of ether oxygens (including phenoxy) is 1. The molecule has 0 spiro atoms. The number of fused-ring (bicyclic) bond motifs is 1. The van der Waals surface area contributed by atoms with Gasteiger partial charge in [0, 0.05) is 21.3 Å². The number of hydrogen-bond donors (Lipinski definition) is 1. The van der Waals surface area contributed by atoms with E-state index in [-0.39, 0.29) is 0 Å². The summed E-state index contributed by atoms with van der Waals surface area (Å²) in [4.78, 5) is 0.915. The van der Waals surface area contributed by atoms with Crippen molar-refractivity contribution in [2.24, 2.45) is 0 Å². The van der Waals surface area contributed by atoms with Crippen LogP contribution in [0.25, 0.3) is 0 Å². The van der Waals surface area contributed by atoms with Gasteiger partial charge in [-0.3, -0.25) is 0 Å². The molecular weight excluding hydrogens is 380 g/mol. The number of aliphatic hydroxyl groups is 1. The second-order valence-electron chi connectivity index (χ2n) is 4.13. The number of thiophene rings is 1. The summed E-state index contributed by atoms with van der Waals surface area (Å²) in [6.45, 7) is 0.694. The summed E-state index contributed by atoms with van der Waals surface area (Å²) in [6.07, 6.45) is 0.272. The molecule has 3 rings (SSSR count). The Morgan fingerprint density at radius 1 is 1.28 bits per heavy atom. The number of halogens is 2. The van der Waals surface area contributed by atoms with E-state index in [2.05, 4.69) is 37.9 Å². The number of benzene rings is 1. The van der Waals surface area contributed by atoms with Crippen molar-refractivity contribution in [3.8, 4) is 5.75 Å². The van der Waals surface area contributed by atoms with Gasteiger partial charge in [-0.25, -0.2) is 0 Å². The normalized spacial score (nSPS) is 15.3. The minimum Gasteiger partial charge on any atom is -0.493 e. The molecule has 1 aliphatic rings. The van der Waals surface area contributed by atoms with Crippen molar-refractivity contribution in [3.05, 3.63) is 48.5 Å². The van der Waals surface area contributed by atoms with Crippen LogP contribution in [-0.4, -0.2) is 11.7 Å². The van der Waals surface area contributed by atoms with Gasteiger partial charge >= 0.3 is 0 Å². The van der Waals surface area contributed by atoms with Gasteiger partial charge in [-0.15, -0.1) is 11.3 Å². The Labute approximate surface area is 126 Å². The summed E-state index contributed by atoms with van der Waals surface area (Å²) in [5.74, 6) is 0.843. The van der Waals surface area contributed by atoms with Crippen LogP contribution in [0.15, 0.2) is 32.5 Å². The smallest absolute Gasteiger partial charge is 0.128 e. The first-order valence-electron chi connectivity index (χ1n) is 5.53. The lowest BCUT2D eigenvalue weighted by atomic mass is 10.0. The van der Waals surface area contributed by atoms with Gasteiger partial charge in [-0.2, -0.15) is 0 Å². The zero-order valence-electron chi connectivity index (χ0n) is 9.32. The highest BCUT2D eigenvalue weighted by atomic mass is 79.9. The summed E-state index contributed by atoms with van der Waals surface area (Å²) < 4.78 is 7.65. The van der Waals surface area contributed by atoms with Crippen molar-refractivity contribution in [2.75, 3.05) is 6.61 Å². The topological polar surface area (TPSA) is 29.5 Å². The third-order valence-corrected chi connectivity index (χ3v) is 5.07. The van der Waals surface area contributed by atoms with E-state index in [1.54, 1.807) is 0 Å². The molecule has 0 amide bonds. The number of aliphatic hydroxyl groups excluding tert-OH is 1. The highest BCUT2D eigenvalue weighted by Crippen LogP contribution is 2.40. The Kier molecular flexibility index (Phi) is 3.49. The fourth-order valence-electron chi connectivity index (χ4n) is 2.13. The molecule has 2 heterocycles. The van der Waals surface area contributed by atoms with E-state index in [0.717, 1.165) is 36.4 Å². The molecule has 1 aliphatic heterocycles. The molecular formula is C13H10Br2O2S. The minimum atomic E-state index is -0.634. The highest BCUT2D eigenvalue weighted by Gasteiger charge is 2.23. The SMILES string of the molecule is OC(c1ccc(Br)s1)c1cc(Br)cc2c1OCC2. The van der Waals surface area contributed by atoms with Gasteiger partial charge in [-0.1, -0.05) is 15.9 Å². The minimum absolute atomic E-state index is 0.634. The molecule has 1 unspecified atom stereocenters.